The predicted molar refractivity (Wildman–Crippen MR) is 94.0 cm³/mol. The summed E-state index contributed by atoms with van der Waals surface area (Å²) in [5.41, 5.74) is 4.94. The lowest BCUT2D eigenvalue weighted by molar-refractivity contribution is -0.143. The monoisotopic (exact) mass is 340 g/mol. The molecule has 1 unspecified atom stereocenters. The minimum Gasteiger partial charge on any atom is -0.466 e. The van der Waals surface area contributed by atoms with Crippen LogP contribution in [0.4, 0.5) is 0 Å². The van der Waals surface area contributed by atoms with Crippen molar-refractivity contribution in [3.8, 4) is 0 Å². The molecule has 132 valence electrons. The molecule has 25 heavy (non-hydrogen) atoms. The van der Waals surface area contributed by atoms with Crippen molar-refractivity contribution in [2.45, 2.75) is 58.5 Å². The van der Waals surface area contributed by atoms with Crippen molar-refractivity contribution in [3.63, 3.8) is 0 Å². The molecule has 2 aliphatic heterocycles. The third kappa shape index (κ3) is 2.62. The Bertz CT molecular complexity index is 843. The number of ketones is 1. The number of aryl methyl sites for hydroxylation is 2. The van der Waals surface area contributed by atoms with E-state index in [1.165, 1.54) is 5.69 Å². The standard InChI is InChI=1S/C20H24N2O3/c1-3-25-18(23)12-14-8-10-22-17(14)11-13(2)19(22)20(24)16-7-6-15-5-4-9-21(15)16/h6-7,11,14H,3-5,8-10,12H2,1-2H3. The molecule has 0 radical (unpaired) electrons. The van der Waals surface area contributed by atoms with E-state index in [-0.39, 0.29) is 17.7 Å². The number of fused-ring (bicyclic) bond motifs is 2. The maximum absolute atomic E-state index is 13.2. The fourth-order valence-corrected chi connectivity index (χ4v) is 4.38. The van der Waals surface area contributed by atoms with Gasteiger partial charge < -0.3 is 13.9 Å². The molecule has 5 heteroatoms. The summed E-state index contributed by atoms with van der Waals surface area (Å²) in [6, 6.07) is 6.12. The summed E-state index contributed by atoms with van der Waals surface area (Å²) in [6.07, 6.45) is 3.45. The molecule has 0 amide bonds. The van der Waals surface area contributed by atoms with Crippen LogP contribution in [0.2, 0.25) is 0 Å². The molecular formula is C20H24N2O3. The van der Waals surface area contributed by atoms with E-state index in [1.807, 2.05) is 19.9 Å². The molecule has 0 aromatic carbocycles. The molecule has 4 heterocycles. The fraction of sp³-hybridized carbons (Fsp3) is 0.500. The van der Waals surface area contributed by atoms with E-state index < -0.39 is 0 Å². The Morgan fingerprint density at radius 1 is 1.24 bits per heavy atom. The second kappa shape index (κ2) is 6.21. The molecule has 0 saturated carbocycles. The Kier molecular flexibility index (Phi) is 4.02. The zero-order valence-electron chi connectivity index (χ0n) is 14.9. The third-order valence-electron chi connectivity index (χ3n) is 5.49. The summed E-state index contributed by atoms with van der Waals surface area (Å²) in [4.78, 5) is 25.1. The Hall–Kier alpha value is -2.30. The highest BCUT2D eigenvalue weighted by Crippen LogP contribution is 2.36. The molecular weight excluding hydrogens is 316 g/mol. The van der Waals surface area contributed by atoms with Gasteiger partial charge in [0.15, 0.2) is 0 Å². The SMILES string of the molecule is CCOC(=O)CC1CCn2c1cc(C)c2C(=O)c1ccc2n1CCC2. The average Bonchev–Trinajstić information content (AvgIpc) is 3.29. The smallest absolute Gasteiger partial charge is 0.306 e. The van der Waals surface area contributed by atoms with Crippen molar-refractivity contribution in [3.05, 3.63) is 46.5 Å². The van der Waals surface area contributed by atoms with Crippen LogP contribution in [0.15, 0.2) is 18.2 Å². The van der Waals surface area contributed by atoms with E-state index in [1.54, 1.807) is 0 Å². The van der Waals surface area contributed by atoms with Crippen molar-refractivity contribution >= 4 is 11.8 Å². The van der Waals surface area contributed by atoms with Crippen LogP contribution >= 0.6 is 0 Å². The van der Waals surface area contributed by atoms with Crippen molar-refractivity contribution in [1.82, 2.24) is 9.13 Å². The van der Waals surface area contributed by atoms with Crippen LogP contribution in [0.5, 0.6) is 0 Å². The van der Waals surface area contributed by atoms with E-state index in [2.05, 4.69) is 21.3 Å². The number of hydrogen-bond acceptors (Lipinski definition) is 3. The van der Waals surface area contributed by atoms with Gasteiger partial charge in [0.05, 0.1) is 24.4 Å². The second-order valence-corrected chi connectivity index (χ2v) is 7.04. The molecule has 0 aliphatic carbocycles. The lowest BCUT2D eigenvalue weighted by atomic mass is 10.00. The number of aromatic nitrogens is 2. The van der Waals surface area contributed by atoms with Gasteiger partial charge in [-0.15, -0.1) is 0 Å². The minimum atomic E-state index is -0.155. The van der Waals surface area contributed by atoms with Gasteiger partial charge in [0.25, 0.3) is 0 Å². The Labute approximate surface area is 147 Å². The van der Waals surface area contributed by atoms with Gasteiger partial charge in [-0.1, -0.05) is 0 Å². The highest BCUT2D eigenvalue weighted by Gasteiger charge is 2.32. The van der Waals surface area contributed by atoms with Crippen LogP contribution in [-0.4, -0.2) is 27.5 Å². The molecule has 4 rings (SSSR count). The number of ether oxygens (including phenoxy) is 1. The molecule has 0 N–H and O–H groups in total. The molecule has 0 fully saturated rings. The number of carbonyl (C=O) groups excluding carboxylic acids is 2. The summed E-state index contributed by atoms with van der Waals surface area (Å²) < 4.78 is 9.38. The van der Waals surface area contributed by atoms with Gasteiger partial charge in [-0.05, 0) is 56.9 Å². The highest BCUT2D eigenvalue weighted by molar-refractivity contribution is 6.08. The van der Waals surface area contributed by atoms with E-state index >= 15 is 0 Å². The predicted octanol–water partition coefficient (Wildman–Crippen LogP) is 3.22. The van der Waals surface area contributed by atoms with Crippen LogP contribution in [0.25, 0.3) is 0 Å². The molecule has 0 bridgehead atoms. The maximum atomic E-state index is 13.2. The van der Waals surface area contributed by atoms with Gasteiger partial charge in [0.1, 0.15) is 0 Å². The van der Waals surface area contributed by atoms with Crippen molar-refractivity contribution in [2.24, 2.45) is 0 Å². The lowest BCUT2D eigenvalue weighted by Gasteiger charge is -2.09. The quantitative estimate of drug-likeness (QED) is 0.620. The zero-order chi connectivity index (χ0) is 17.6. The number of nitrogens with zero attached hydrogens (tertiary/aromatic N) is 2. The third-order valence-corrected chi connectivity index (χ3v) is 5.49. The summed E-state index contributed by atoms with van der Waals surface area (Å²) in [5.74, 6) is 0.100. The largest absolute Gasteiger partial charge is 0.466 e. The van der Waals surface area contributed by atoms with E-state index in [0.29, 0.717) is 13.0 Å². The molecule has 0 spiro atoms. The summed E-state index contributed by atoms with van der Waals surface area (Å²) in [7, 11) is 0. The average molecular weight is 340 g/mol. The second-order valence-electron chi connectivity index (χ2n) is 7.04. The molecule has 5 nitrogen and oxygen atoms in total. The Morgan fingerprint density at radius 2 is 2.08 bits per heavy atom. The van der Waals surface area contributed by atoms with Crippen molar-refractivity contribution in [1.29, 1.82) is 0 Å². The Balaban J connectivity index is 1.64. The van der Waals surface area contributed by atoms with Gasteiger partial charge in [-0.3, -0.25) is 9.59 Å². The topological polar surface area (TPSA) is 53.2 Å². The van der Waals surface area contributed by atoms with Gasteiger partial charge in [0.2, 0.25) is 5.78 Å². The number of rotatable bonds is 5. The van der Waals surface area contributed by atoms with Crippen LogP contribution in [0, 0.1) is 6.92 Å². The first-order valence-corrected chi connectivity index (χ1v) is 9.19. The van der Waals surface area contributed by atoms with E-state index in [9.17, 15) is 9.59 Å². The van der Waals surface area contributed by atoms with Gasteiger partial charge in [-0.25, -0.2) is 0 Å². The first kappa shape index (κ1) is 16.2. The lowest BCUT2D eigenvalue weighted by Crippen LogP contribution is -2.14. The van der Waals surface area contributed by atoms with Gasteiger partial charge in [0, 0.05) is 30.4 Å². The molecule has 1 atom stereocenters. The van der Waals surface area contributed by atoms with Gasteiger partial charge in [-0.2, -0.15) is 0 Å². The van der Waals surface area contributed by atoms with E-state index in [0.717, 1.165) is 55.0 Å². The number of esters is 1. The molecule has 0 saturated heterocycles. The summed E-state index contributed by atoms with van der Waals surface area (Å²) in [6.45, 7) is 5.96. The maximum Gasteiger partial charge on any atom is 0.306 e. The number of hydrogen-bond donors (Lipinski definition) is 0. The zero-order valence-corrected chi connectivity index (χ0v) is 14.9. The molecule has 2 aromatic rings. The molecule has 2 aromatic heterocycles. The van der Waals surface area contributed by atoms with Crippen LogP contribution in [-0.2, 0) is 29.0 Å². The first-order chi connectivity index (χ1) is 12.1. The van der Waals surface area contributed by atoms with Crippen molar-refractivity contribution in [2.75, 3.05) is 6.61 Å². The first-order valence-electron chi connectivity index (χ1n) is 9.19. The highest BCUT2D eigenvalue weighted by atomic mass is 16.5. The normalized spacial score (nSPS) is 18.2. The van der Waals surface area contributed by atoms with Crippen LogP contribution < -0.4 is 0 Å². The number of carbonyl (C=O) groups is 2. The van der Waals surface area contributed by atoms with Crippen molar-refractivity contribution < 1.29 is 14.3 Å². The Morgan fingerprint density at radius 3 is 2.88 bits per heavy atom. The van der Waals surface area contributed by atoms with Crippen LogP contribution in [0.1, 0.15) is 65.2 Å². The molecule has 2 aliphatic rings. The van der Waals surface area contributed by atoms with Crippen LogP contribution in [0.3, 0.4) is 0 Å². The minimum absolute atomic E-state index is 0.105. The van der Waals surface area contributed by atoms with E-state index in [4.69, 9.17) is 4.74 Å². The van der Waals surface area contributed by atoms with Gasteiger partial charge >= 0.3 is 5.97 Å². The summed E-state index contributed by atoms with van der Waals surface area (Å²) >= 11 is 0. The summed E-state index contributed by atoms with van der Waals surface area (Å²) in [5, 5.41) is 0. The fourth-order valence-electron chi connectivity index (χ4n) is 4.38.